The average molecular weight is 533 g/mol. The number of Topliss-reactive ketones (excluding diaryl/α,β-unsaturated/α-hetero) is 1. The Labute approximate surface area is 221 Å². The maximum Gasteiger partial charge on any atom is 0.337 e. The van der Waals surface area contributed by atoms with Crippen LogP contribution < -0.4 is 25.9 Å². The topological polar surface area (TPSA) is 153 Å². The van der Waals surface area contributed by atoms with Crippen LogP contribution in [0.4, 0.5) is 10.3 Å². The second kappa shape index (κ2) is 10.6. The summed E-state index contributed by atoms with van der Waals surface area (Å²) in [6.45, 7) is 4.70. The van der Waals surface area contributed by atoms with Gasteiger partial charge in [-0.2, -0.15) is 9.67 Å². The first-order valence-electron chi connectivity index (χ1n) is 11.9. The van der Waals surface area contributed by atoms with Crippen molar-refractivity contribution in [1.82, 2.24) is 39.6 Å². The van der Waals surface area contributed by atoms with Gasteiger partial charge in [0.15, 0.2) is 5.82 Å². The van der Waals surface area contributed by atoms with Crippen molar-refractivity contribution in [1.29, 1.82) is 0 Å². The smallest absolute Gasteiger partial charge is 0.337 e. The Kier molecular flexibility index (Phi) is 6.91. The third kappa shape index (κ3) is 4.74. The molecule has 0 aliphatic carbocycles. The van der Waals surface area contributed by atoms with Crippen LogP contribution in [-0.4, -0.2) is 84.6 Å². The third-order valence-corrected chi connectivity index (χ3v) is 6.27. The predicted octanol–water partition coefficient (Wildman–Crippen LogP) is -0.437. The van der Waals surface area contributed by atoms with Crippen LogP contribution in [0.2, 0.25) is 0 Å². The molecule has 0 unspecified atom stereocenters. The molecular formula is C25H25FN10O3. The number of benzene rings is 1. The average Bonchev–Trinajstić information content (AvgIpc) is 3.76. The van der Waals surface area contributed by atoms with E-state index in [1.54, 1.807) is 4.68 Å². The Hall–Kier alpha value is -5.27. The molecule has 39 heavy (non-hydrogen) atoms. The fraction of sp³-hybridized carbons (Fsp3) is 0.200. The van der Waals surface area contributed by atoms with Gasteiger partial charge < -0.3 is 25.3 Å². The monoisotopic (exact) mass is 532 g/mol. The quantitative estimate of drug-likeness (QED) is 0.238. The summed E-state index contributed by atoms with van der Waals surface area (Å²) < 4.78 is 23.0. The maximum absolute atomic E-state index is 14.9. The third-order valence-electron chi connectivity index (χ3n) is 6.27. The number of nitrogens with two attached hydrogens (primary N) is 1. The normalized spacial score (nSPS) is 15.1. The molecule has 1 aliphatic rings. The summed E-state index contributed by atoms with van der Waals surface area (Å²) in [4.78, 5) is 37.1. The molecule has 1 fully saturated rings. The number of aromatic nitrogens is 7. The molecule has 14 heteroatoms. The number of amides is 1. The summed E-state index contributed by atoms with van der Waals surface area (Å²) in [6.07, 6.45) is 5.06. The summed E-state index contributed by atoms with van der Waals surface area (Å²) in [6, 6.07) is 9.68. The van der Waals surface area contributed by atoms with E-state index in [2.05, 4.69) is 32.0 Å². The van der Waals surface area contributed by atoms with Gasteiger partial charge in [-0.1, -0.05) is 30.0 Å². The molecule has 0 bridgehead atoms. The van der Waals surface area contributed by atoms with Crippen LogP contribution in [0.25, 0.3) is 17.3 Å². The number of ketones is 1. The number of piperazine rings is 1. The number of ether oxygens (including phenoxy) is 1. The van der Waals surface area contributed by atoms with Crippen molar-refractivity contribution in [2.45, 2.75) is 0 Å². The molecular weight excluding hydrogens is 507 g/mol. The van der Waals surface area contributed by atoms with Gasteiger partial charge in [-0.15, -0.1) is 10.2 Å². The molecule has 1 saturated heterocycles. The second-order valence-electron chi connectivity index (χ2n) is 8.49. The largest absolute Gasteiger partial charge is 0.466 e. The highest BCUT2D eigenvalue weighted by Crippen LogP contribution is 2.22. The van der Waals surface area contributed by atoms with E-state index >= 15 is 0 Å². The molecule has 1 aromatic carbocycles. The van der Waals surface area contributed by atoms with Gasteiger partial charge in [0.25, 0.3) is 11.7 Å². The fourth-order valence-electron chi connectivity index (χ4n) is 4.29. The SMILES string of the molecule is C=C/C(F)=c1/c(C(=O)C(=O)N2CCN(c3nc(OC)nn3-c3ccccc3)CC2)c[nH]/c1=C(/N)n1ccnn1. The lowest BCUT2D eigenvalue weighted by atomic mass is 10.1. The van der Waals surface area contributed by atoms with Crippen molar-refractivity contribution in [2.24, 2.45) is 5.73 Å². The molecule has 4 heterocycles. The molecule has 0 saturated carbocycles. The van der Waals surface area contributed by atoms with Crippen LogP contribution in [0.5, 0.6) is 6.01 Å². The van der Waals surface area contributed by atoms with E-state index in [1.807, 2.05) is 35.2 Å². The Morgan fingerprint density at radius 2 is 1.92 bits per heavy atom. The van der Waals surface area contributed by atoms with Gasteiger partial charge in [0.2, 0.25) is 5.95 Å². The molecule has 1 aliphatic heterocycles. The molecule has 0 radical (unpaired) electrons. The number of nitrogens with one attached hydrogen (secondary N) is 1. The number of halogens is 1. The lowest BCUT2D eigenvalue weighted by Gasteiger charge is -2.34. The maximum atomic E-state index is 14.9. The number of H-pyrrole nitrogens is 1. The number of methoxy groups -OCH3 is 1. The lowest BCUT2D eigenvalue weighted by molar-refractivity contribution is -0.126. The second-order valence-corrected chi connectivity index (χ2v) is 8.49. The van der Waals surface area contributed by atoms with Gasteiger partial charge in [0, 0.05) is 32.4 Å². The van der Waals surface area contributed by atoms with Crippen LogP contribution in [-0.2, 0) is 4.79 Å². The van der Waals surface area contributed by atoms with E-state index in [4.69, 9.17) is 10.5 Å². The van der Waals surface area contributed by atoms with Crippen LogP contribution in [0.1, 0.15) is 10.4 Å². The number of carbonyl (C=O) groups is 2. The van der Waals surface area contributed by atoms with E-state index in [0.717, 1.165) is 11.8 Å². The van der Waals surface area contributed by atoms with Crippen molar-refractivity contribution < 1.29 is 18.7 Å². The minimum atomic E-state index is -0.876. The van der Waals surface area contributed by atoms with E-state index in [9.17, 15) is 14.0 Å². The summed E-state index contributed by atoms with van der Waals surface area (Å²) in [7, 11) is 1.49. The first-order valence-corrected chi connectivity index (χ1v) is 11.9. The highest BCUT2D eigenvalue weighted by atomic mass is 19.1. The van der Waals surface area contributed by atoms with Crippen LogP contribution in [0, 0.1) is 0 Å². The van der Waals surface area contributed by atoms with Gasteiger partial charge >= 0.3 is 6.01 Å². The summed E-state index contributed by atoms with van der Waals surface area (Å²) in [5.41, 5.74) is 6.76. The van der Waals surface area contributed by atoms with Crippen molar-refractivity contribution >= 4 is 29.3 Å². The van der Waals surface area contributed by atoms with Crippen LogP contribution >= 0.6 is 0 Å². The predicted molar refractivity (Wildman–Crippen MR) is 139 cm³/mol. The Morgan fingerprint density at radius 1 is 1.18 bits per heavy atom. The fourth-order valence-corrected chi connectivity index (χ4v) is 4.29. The van der Waals surface area contributed by atoms with Gasteiger partial charge in [0.1, 0.15) is 5.83 Å². The number of hydrogen-bond donors (Lipinski definition) is 2. The standard InChI is InChI=1S/C25H25FN10O3/c1-3-18(26)19-17(15-28-20(19)22(27)35-10-9-29-32-35)21(37)23(38)33-11-13-34(14-12-33)25-30-24(39-2)31-36(25)16-7-5-4-6-8-16/h3-10,15,28H,1,11-14,27H2,2H3/b19-18+,22-20-. The first kappa shape index (κ1) is 25.4. The van der Waals surface area contributed by atoms with Crippen molar-refractivity contribution in [3.8, 4) is 11.7 Å². The molecule has 3 N–H and O–H groups in total. The zero-order valence-electron chi connectivity index (χ0n) is 21.0. The van der Waals surface area contributed by atoms with Gasteiger partial charge in [-0.05, 0) is 18.2 Å². The Bertz CT molecular complexity index is 1630. The molecule has 13 nitrogen and oxygen atoms in total. The number of anilines is 1. The van der Waals surface area contributed by atoms with E-state index in [1.165, 1.54) is 35.3 Å². The molecule has 0 atom stereocenters. The number of rotatable bonds is 7. The Balaban J connectivity index is 1.38. The summed E-state index contributed by atoms with van der Waals surface area (Å²) >= 11 is 0. The lowest BCUT2D eigenvalue weighted by Crippen LogP contribution is -2.51. The minimum Gasteiger partial charge on any atom is -0.466 e. The van der Waals surface area contributed by atoms with Gasteiger partial charge in [-0.25, -0.2) is 9.07 Å². The minimum absolute atomic E-state index is 0.00225. The van der Waals surface area contributed by atoms with Gasteiger partial charge in [-0.3, -0.25) is 9.59 Å². The zero-order valence-corrected chi connectivity index (χ0v) is 21.0. The molecule has 3 aromatic heterocycles. The highest BCUT2D eigenvalue weighted by molar-refractivity contribution is 6.42. The summed E-state index contributed by atoms with van der Waals surface area (Å²) in [5, 5.41) is 11.8. The zero-order chi connectivity index (χ0) is 27.5. The number of hydrogen-bond acceptors (Lipinski definition) is 9. The van der Waals surface area contributed by atoms with Crippen LogP contribution in [0.3, 0.4) is 0 Å². The van der Waals surface area contributed by atoms with E-state index in [-0.39, 0.29) is 41.1 Å². The van der Waals surface area contributed by atoms with E-state index in [0.29, 0.717) is 19.0 Å². The summed E-state index contributed by atoms with van der Waals surface area (Å²) in [5.74, 6) is -1.91. The molecule has 1 amide bonds. The highest BCUT2D eigenvalue weighted by Gasteiger charge is 2.30. The number of aromatic amines is 1. The van der Waals surface area contributed by atoms with E-state index < -0.39 is 17.5 Å². The van der Waals surface area contributed by atoms with Crippen LogP contribution in [0.15, 0.2) is 61.6 Å². The number of carbonyl (C=O) groups excluding carboxylic acids is 2. The molecule has 4 aromatic rings. The number of nitrogens with zero attached hydrogens (tertiary/aromatic N) is 8. The van der Waals surface area contributed by atoms with Crippen molar-refractivity contribution in [3.05, 3.63) is 77.7 Å². The molecule has 5 rings (SSSR count). The molecule has 200 valence electrons. The first-order chi connectivity index (χ1) is 18.9. The number of allylic oxidation sites excluding steroid dienone is 1. The number of para-hydroxylation sites is 1. The Morgan fingerprint density at radius 3 is 2.56 bits per heavy atom. The molecule has 0 spiro atoms. The van der Waals surface area contributed by atoms with Crippen molar-refractivity contribution in [2.75, 3.05) is 38.2 Å². The van der Waals surface area contributed by atoms with Gasteiger partial charge in [0.05, 0.1) is 41.3 Å². The van der Waals surface area contributed by atoms with Crippen molar-refractivity contribution in [3.63, 3.8) is 0 Å².